The molecule has 0 aliphatic heterocycles. The van der Waals surface area contributed by atoms with Crippen LogP contribution in [0.3, 0.4) is 0 Å². The van der Waals surface area contributed by atoms with E-state index < -0.39 is 31.3 Å². The maximum absolute atomic E-state index is 10.2. The van der Waals surface area contributed by atoms with E-state index >= 15 is 0 Å². The molecule has 0 aliphatic carbocycles. The minimum atomic E-state index is -1.21. The number of esters is 1. The first-order valence-electron chi connectivity index (χ1n) is 4.51. The molecule has 0 aromatic rings. The highest BCUT2D eigenvalue weighted by Gasteiger charge is 2.20. The van der Waals surface area contributed by atoms with Crippen molar-refractivity contribution in [2.45, 2.75) is 5.54 Å². The van der Waals surface area contributed by atoms with Crippen molar-refractivity contribution >= 4 is 5.97 Å². The highest BCUT2D eigenvalue weighted by atomic mass is 16.5. The molecule has 0 rings (SSSR count). The van der Waals surface area contributed by atoms with E-state index in [0.29, 0.717) is 0 Å². The van der Waals surface area contributed by atoms with Crippen molar-refractivity contribution in [3.63, 3.8) is 0 Å². The Bertz CT molecular complexity index is 205. The van der Waals surface area contributed by atoms with E-state index in [4.69, 9.17) is 21.1 Å². The van der Waals surface area contributed by atoms with E-state index in [1.165, 1.54) is 6.08 Å². The smallest absolute Gasteiger partial charge is 0.330 e. The normalized spacial score (nSPS) is 9.75. The monoisotopic (exact) mass is 233 g/mol. The van der Waals surface area contributed by atoms with Gasteiger partial charge in [-0.2, -0.15) is 0 Å². The maximum atomic E-state index is 10.2. The molecule has 0 unspecified atom stereocenters. The molecule has 5 N–H and O–H groups in total. The van der Waals surface area contributed by atoms with Crippen LogP contribution in [-0.4, -0.2) is 53.3 Å². The van der Waals surface area contributed by atoms with Crippen molar-refractivity contribution in [2.24, 2.45) is 5.73 Å². The van der Waals surface area contributed by atoms with Gasteiger partial charge < -0.3 is 25.8 Å². The van der Waals surface area contributed by atoms with Crippen LogP contribution >= 0.6 is 0 Å². The summed E-state index contributed by atoms with van der Waals surface area (Å²) in [5.41, 5.74) is 3.94. The fourth-order valence-corrected chi connectivity index (χ4v) is 0.350. The topological polar surface area (TPSA) is 113 Å². The molecule has 0 atom stereocenters. The number of ether oxygens (including phenoxy) is 1. The van der Waals surface area contributed by atoms with Crippen LogP contribution in [0.25, 0.3) is 0 Å². The molecule has 6 heteroatoms. The van der Waals surface area contributed by atoms with Crippen molar-refractivity contribution < 1.29 is 24.9 Å². The zero-order valence-corrected chi connectivity index (χ0v) is 9.13. The molecule has 0 spiro atoms. The first-order valence-corrected chi connectivity index (χ1v) is 4.51. The molecule has 0 heterocycles. The molecule has 16 heavy (non-hydrogen) atoms. The third kappa shape index (κ3) is 9.35. The molecule has 6 nitrogen and oxygen atoms in total. The zero-order valence-electron chi connectivity index (χ0n) is 9.13. The Labute approximate surface area is 94.6 Å². The van der Waals surface area contributed by atoms with Crippen molar-refractivity contribution in [3.05, 3.63) is 25.3 Å². The summed E-state index contributed by atoms with van der Waals surface area (Å²) in [5.74, 6) is -0.412. The van der Waals surface area contributed by atoms with Crippen LogP contribution in [0.5, 0.6) is 0 Å². The molecular weight excluding hydrogens is 214 g/mol. The summed E-state index contributed by atoms with van der Waals surface area (Å²) in [6.07, 6.45) is 2.62. The van der Waals surface area contributed by atoms with Gasteiger partial charge in [-0.05, 0) is 0 Å². The van der Waals surface area contributed by atoms with Gasteiger partial charge in [-0.3, -0.25) is 0 Å². The number of carbonyl (C=O) groups excluding carboxylic acids is 1. The van der Waals surface area contributed by atoms with Gasteiger partial charge >= 0.3 is 5.97 Å². The summed E-state index contributed by atoms with van der Waals surface area (Å²) in [4.78, 5) is 10.2. The lowest BCUT2D eigenvalue weighted by Crippen LogP contribution is -2.50. The standard InChI is InChI=1S/C6H8O2.C4H11NO3/c1-3-5-8-6(7)4-2;5-4(1-6,2-7)3-8/h3-4H,1-2,5H2;6-8H,1-3,5H2. The van der Waals surface area contributed by atoms with E-state index in [1.54, 1.807) is 0 Å². The van der Waals surface area contributed by atoms with Crippen molar-refractivity contribution in [3.8, 4) is 0 Å². The molecule has 0 radical (unpaired) electrons. The first-order chi connectivity index (χ1) is 7.49. The summed E-state index contributed by atoms with van der Waals surface area (Å²) < 4.78 is 4.47. The molecule has 0 fully saturated rings. The van der Waals surface area contributed by atoms with Crippen LogP contribution < -0.4 is 5.73 Å². The molecule has 94 valence electrons. The number of rotatable bonds is 6. The molecule has 0 bridgehead atoms. The molecule has 0 saturated carbocycles. The number of nitrogens with two attached hydrogens (primary N) is 1. The largest absolute Gasteiger partial charge is 0.458 e. The third-order valence-corrected chi connectivity index (χ3v) is 1.45. The predicted molar refractivity (Wildman–Crippen MR) is 59.5 cm³/mol. The van der Waals surface area contributed by atoms with Crippen molar-refractivity contribution in [1.82, 2.24) is 0 Å². The highest BCUT2D eigenvalue weighted by Crippen LogP contribution is 1.93. The van der Waals surface area contributed by atoms with Gasteiger partial charge in [-0.15, -0.1) is 0 Å². The van der Waals surface area contributed by atoms with Crippen LogP contribution in [0, 0.1) is 0 Å². The number of hydrogen-bond acceptors (Lipinski definition) is 6. The number of carbonyl (C=O) groups is 1. The Balaban J connectivity index is 0. The van der Waals surface area contributed by atoms with Gasteiger partial charge in [0.05, 0.1) is 25.4 Å². The summed E-state index contributed by atoms with van der Waals surface area (Å²) >= 11 is 0. The number of aliphatic hydroxyl groups is 3. The van der Waals surface area contributed by atoms with Gasteiger partial charge in [0.25, 0.3) is 0 Å². The third-order valence-electron chi connectivity index (χ3n) is 1.45. The molecule has 0 aromatic heterocycles. The summed E-state index contributed by atoms with van der Waals surface area (Å²) in [7, 11) is 0. The number of hydrogen-bond donors (Lipinski definition) is 4. The minimum absolute atomic E-state index is 0.255. The van der Waals surface area contributed by atoms with Crippen molar-refractivity contribution in [1.29, 1.82) is 0 Å². The molecular formula is C10H19NO5. The lowest BCUT2D eigenvalue weighted by atomic mass is 10.1. The highest BCUT2D eigenvalue weighted by molar-refractivity contribution is 5.81. The Hall–Kier alpha value is -1.21. The SMILES string of the molecule is C=CCOC(=O)C=C.NC(CO)(CO)CO. The predicted octanol–water partition coefficient (Wildman–Crippen LogP) is -1.44. The Morgan fingerprint density at radius 3 is 1.88 bits per heavy atom. The number of aliphatic hydroxyl groups excluding tert-OH is 3. The second kappa shape index (κ2) is 10.3. The average Bonchev–Trinajstić information content (AvgIpc) is 2.35. The fraction of sp³-hybridized carbons (Fsp3) is 0.500. The quantitative estimate of drug-likeness (QED) is 0.254. The average molecular weight is 233 g/mol. The Kier molecular flexibility index (Phi) is 11.1. The van der Waals surface area contributed by atoms with E-state index in [2.05, 4.69) is 17.9 Å². The molecule has 0 amide bonds. The first kappa shape index (κ1) is 17.2. The summed E-state index contributed by atoms with van der Waals surface area (Å²) in [5, 5.41) is 25.0. The van der Waals surface area contributed by atoms with E-state index in [0.717, 1.165) is 6.08 Å². The van der Waals surface area contributed by atoms with Crippen LogP contribution in [0.2, 0.25) is 0 Å². The summed E-state index contributed by atoms with van der Waals surface area (Å²) in [6, 6.07) is 0. The van der Waals surface area contributed by atoms with Crippen LogP contribution in [0.1, 0.15) is 0 Å². The minimum Gasteiger partial charge on any atom is -0.458 e. The van der Waals surface area contributed by atoms with Gasteiger partial charge in [-0.25, -0.2) is 4.79 Å². The lowest BCUT2D eigenvalue weighted by molar-refractivity contribution is -0.136. The van der Waals surface area contributed by atoms with Crippen LogP contribution in [-0.2, 0) is 9.53 Å². The van der Waals surface area contributed by atoms with Crippen LogP contribution in [0.15, 0.2) is 25.3 Å². The van der Waals surface area contributed by atoms with Crippen LogP contribution in [0.4, 0.5) is 0 Å². The van der Waals surface area contributed by atoms with Gasteiger partial charge in [0, 0.05) is 6.08 Å². The van der Waals surface area contributed by atoms with Crippen molar-refractivity contribution in [2.75, 3.05) is 26.4 Å². The molecule has 0 saturated heterocycles. The fourth-order valence-electron chi connectivity index (χ4n) is 0.350. The summed E-state index contributed by atoms with van der Waals surface area (Å²) in [6.45, 7) is 5.61. The molecule has 0 aromatic carbocycles. The van der Waals surface area contributed by atoms with Gasteiger partial charge in [0.1, 0.15) is 6.61 Å². The second-order valence-electron chi connectivity index (χ2n) is 2.96. The van der Waals surface area contributed by atoms with Gasteiger partial charge in [0.15, 0.2) is 0 Å². The lowest BCUT2D eigenvalue weighted by Gasteiger charge is -2.20. The maximum Gasteiger partial charge on any atom is 0.330 e. The van der Waals surface area contributed by atoms with E-state index in [-0.39, 0.29) is 6.61 Å². The van der Waals surface area contributed by atoms with E-state index in [1.807, 2.05) is 0 Å². The Morgan fingerprint density at radius 2 is 1.69 bits per heavy atom. The molecule has 0 aliphatic rings. The second-order valence-corrected chi connectivity index (χ2v) is 2.96. The zero-order chi connectivity index (χ0) is 13.0. The Morgan fingerprint density at radius 1 is 1.25 bits per heavy atom. The van der Waals surface area contributed by atoms with Gasteiger partial charge in [-0.1, -0.05) is 19.2 Å². The van der Waals surface area contributed by atoms with E-state index in [9.17, 15) is 4.79 Å². The van der Waals surface area contributed by atoms with Gasteiger partial charge in [0.2, 0.25) is 0 Å².